The number of hydrogen-bond acceptors (Lipinski definition) is 3. The third-order valence-corrected chi connectivity index (χ3v) is 7.49. The summed E-state index contributed by atoms with van der Waals surface area (Å²) in [5.41, 5.74) is 3.06. The third-order valence-electron chi connectivity index (χ3n) is 5.76. The van der Waals surface area contributed by atoms with Crippen LogP contribution >= 0.6 is 0 Å². The number of nitrogens with zero attached hydrogens (tertiary/aromatic N) is 1. The highest BCUT2D eigenvalue weighted by atomic mass is 32.2. The molecule has 2 atom stereocenters. The summed E-state index contributed by atoms with van der Waals surface area (Å²) in [6.45, 7) is 3.83. The Morgan fingerprint density at radius 2 is 1.42 bits per heavy atom. The Labute approximate surface area is 183 Å². The van der Waals surface area contributed by atoms with Crippen molar-refractivity contribution in [2.45, 2.75) is 31.1 Å². The Balaban J connectivity index is 1.92. The molecule has 0 aromatic heterocycles. The second-order valence-electron chi connectivity index (χ2n) is 7.79. The molecule has 1 aliphatic heterocycles. The van der Waals surface area contributed by atoms with Gasteiger partial charge in [0, 0.05) is 11.8 Å². The molecule has 1 amide bonds. The molecule has 0 saturated carbocycles. The molecular formula is C26H25NO3S. The average Bonchev–Trinajstić information content (AvgIpc) is 2.79. The summed E-state index contributed by atoms with van der Waals surface area (Å²) in [4.78, 5) is 13.8. The summed E-state index contributed by atoms with van der Waals surface area (Å²) in [6, 6.07) is 25.7. The number of carbonyl (C=O) groups is 1. The molecule has 4 rings (SSSR count). The number of amides is 1. The van der Waals surface area contributed by atoms with Crippen LogP contribution in [0.5, 0.6) is 0 Å². The first-order valence-electron chi connectivity index (χ1n) is 10.4. The maximum absolute atomic E-state index is 13.7. The maximum Gasteiger partial charge on any atom is 0.270 e. The lowest BCUT2D eigenvalue weighted by atomic mass is 9.80. The van der Waals surface area contributed by atoms with Gasteiger partial charge in [0.05, 0.1) is 10.6 Å². The highest BCUT2D eigenvalue weighted by Gasteiger charge is 2.43. The minimum absolute atomic E-state index is 0.112. The van der Waals surface area contributed by atoms with Gasteiger partial charge in [-0.15, -0.1) is 0 Å². The number of rotatable bonds is 5. The Morgan fingerprint density at radius 1 is 0.839 bits per heavy atom. The number of hydrogen-bond donors (Lipinski definition) is 0. The van der Waals surface area contributed by atoms with Crippen molar-refractivity contribution in [2.75, 3.05) is 0 Å². The van der Waals surface area contributed by atoms with Gasteiger partial charge in [0.25, 0.3) is 10.0 Å². The number of sulfonamides is 1. The zero-order chi connectivity index (χ0) is 22.0. The molecule has 0 spiro atoms. The van der Waals surface area contributed by atoms with Crippen molar-refractivity contribution in [1.29, 1.82) is 0 Å². The molecule has 0 unspecified atom stereocenters. The summed E-state index contributed by atoms with van der Waals surface area (Å²) >= 11 is 0. The van der Waals surface area contributed by atoms with Gasteiger partial charge >= 0.3 is 0 Å². The summed E-state index contributed by atoms with van der Waals surface area (Å²) in [5, 5.41) is 0. The normalized spacial score (nSPS) is 19.2. The van der Waals surface area contributed by atoms with Crippen LogP contribution in [0.15, 0.2) is 95.9 Å². The Kier molecular flexibility index (Phi) is 5.79. The zero-order valence-electron chi connectivity index (χ0n) is 17.6. The van der Waals surface area contributed by atoms with E-state index in [0.29, 0.717) is 17.7 Å². The largest absolute Gasteiger partial charge is 0.273 e. The second-order valence-corrected chi connectivity index (χ2v) is 9.58. The molecule has 3 aromatic rings. The molecule has 31 heavy (non-hydrogen) atoms. The minimum atomic E-state index is -4.06. The minimum Gasteiger partial charge on any atom is -0.273 e. The Morgan fingerprint density at radius 3 is 2.00 bits per heavy atom. The van der Waals surface area contributed by atoms with Crippen LogP contribution in [-0.4, -0.2) is 18.6 Å². The van der Waals surface area contributed by atoms with Crippen molar-refractivity contribution in [3.63, 3.8) is 0 Å². The van der Waals surface area contributed by atoms with E-state index in [9.17, 15) is 13.2 Å². The number of aryl methyl sites for hydroxylation is 1. The fraction of sp³-hybridized carbons (Fsp3) is 0.192. The van der Waals surface area contributed by atoms with E-state index in [1.54, 1.807) is 24.3 Å². The first-order chi connectivity index (χ1) is 14.9. The van der Waals surface area contributed by atoms with Crippen LogP contribution in [0.4, 0.5) is 0 Å². The molecule has 0 saturated heterocycles. The van der Waals surface area contributed by atoms with E-state index < -0.39 is 21.8 Å². The predicted molar refractivity (Wildman–Crippen MR) is 123 cm³/mol. The Bertz CT molecular complexity index is 1200. The van der Waals surface area contributed by atoms with Gasteiger partial charge in [-0.2, -0.15) is 0 Å². The van der Waals surface area contributed by atoms with Crippen molar-refractivity contribution in [3.8, 4) is 0 Å². The SMILES string of the molecule is CC[C@@H]1C(=O)N(S(=O)(=O)c2ccc(C)cc2)C(c2ccccc2)=C[C@H]1c1ccccc1. The molecule has 0 N–H and O–H groups in total. The van der Waals surface area contributed by atoms with Crippen LogP contribution in [0.3, 0.4) is 0 Å². The van der Waals surface area contributed by atoms with Crippen molar-refractivity contribution in [1.82, 2.24) is 4.31 Å². The topological polar surface area (TPSA) is 54.5 Å². The molecule has 3 aromatic carbocycles. The van der Waals surface area contributed by atoms with Gasteiger partial charge in [-0.3, -0.25) is 4.79 Å². The first-order valence-corrected chi connectivity index (χ1v) is 11.9. The number of allylic oxidation sites excluding steroid dienone is 1. The van der Waals surface area contributed by atoms with Gasteiger partial charge in [-0.25, -0.2) is 12.7 Å². The molecule has 0 radical (unpaired) electrons. The predicted octanol–water partition coefficient (Wildman–Crippen LogP) is 5.38. The molecule has 4 nitrogen and oxygen atoms in total. The lowest BCUT2D eigenvalue weighted by Crippen LogP contribution is -2.44. The van der Waals surface area contributed by atoms with Crippen LogP contribution in [0.1, 0.15) is 36.0 Å². The molecule has 0 aliphatic carbocycles. The van der Waals surface area contributed by atoms with Crippen LogP contribution in [0.25, 0.3) is 5.70 Å². The fourth-order valence-electron chi connectivity index (χ4n) is 4.10. The fourth-order valence-corrected chi connectivity index (χ4v) is 5.58. The molecule has 158 valence electrons. The van der Waals surface area contributed by atoms with Crippen molar-refractivity contribution >= 4 is 21.6 Å². The average molecular weight is 432 g/mol. The van der Waals surface area contributed by atoms with Crippen molar-refractivity contribution < 1.29 is 13.2 Å². The molecule has 0 fully saturated rings. The molecule has 1 aliphatic rings. The first kappa shape index (κ1) is 21.1. The molecule has 5 heteroatoms. The third kappa shape index (κ3) is 3.93. The lowest BCUT2D eigenvalue weighted by molar-refractivity contribution is -0.129. The number of carbonyl (C=O) groups excluding carboxylic acids is 1. The zero-order valence-corrected chi connectivity index (χ0v) is 18.4. The van der Waals surface area contributed by atoms with Gasteiger partial charge in [0.2, 0.25) is 5.91 Å². The van der Waals surface area contributed by atoms with Crippen molar-refractivity contribution in [3.05, 3.63) is 108 Å². The van der Waals surface area contributed by atoms with Crippen molar-refractivity contribution in [2.24, 2.45) is 5.92 Å². The van der Waals surface area contributed by atoms with Crippen LogP contribution in [-0.2, 0) is 14.8 Å². The van der Waals surface area contributed by atoms with Gasteiger partial charge in [0.15, 0.2) is 0 Å². The van der Waals surface area contributed by atoms with E-state index in [-0.39, 0.29) is 10.8 Å². The highest BCUT2D eigenvalue weighted by Crippen LogP contribution is 2.42. The molecule has 1 heterocycles. The summed E-state index contributed by atoms with van der Waals surface area (Å²) in [5.74, 6) is -1.05. The quantitative estimate of drug-likeness (QED) is 0.545. The Hall–Kier alpha value is -3.18. The standard InChI is InChI=1S/C26H25NO3S/c1-3-23-24(20-10-6-4-7-11-20)18-25(21-12-8-5-9-13-21)27(26(23)28)31(29,30)22-16-14-19(2)15-17-22/h4-18,23-24H,3H2,1-2H3/t23-,24-/m0/s1. The van der Waals surface area contributed by atoms with Crippen LogP contribution < -0.4 is 0 Å². The van der Waals surface area contributed by atoms with Gasteiger partial charge in [-0.05, 0) is 36.6 Å². The van der Waals surface area contributed by atoms with E-state index >= 15 is 0 Å². The summed E-state index contributed by atoms with van der Waals surface area (Å²) in [7, 11) is -4.06. The van der Waals surface area contributed by atoms with Gasteiger partial charge in [-0.1, -0.05) is 91.4 Å². The van der Waals surface area contributed by atoms with E-state index in [4.69, 9.17) is 0 Å². The maximum atomic E-state index is 13.7. The molecular weight excluding hydrogens is 406 g/mol. The highest BCUT2D eigenvalue weighted by molar-refractivity contribution is 7.90. The van der Waals surface area contributed by atoms with Gasteiger partial charge in [0.1, 0.15) is 0 Å². The number of benzene rings is 3. The van der Waals surface area contributed by atoms with Crippen LogP contribution in [0, 0.1) is 12.8 Å². The monoisotopic (exact) mass is 431 g/mol. The second kappa shape index (κ2) is 8.52. The smallest absolute Gasteiger partial charge is 0.270 e. The van der Waals surface area contributed by atoms with E-state index in [1.165, 1.54) is 0 Å². The summed E-state index contributed by atoms with van der Waals surface area (Å²) < 4.78 is 28.3. The van der Waals surface area contributed by atoms with E-state index in [1.807, 2.05) is 80.6 Å². The summed E-state index contributed by atoms with van der Waals surface area (Å²) in [6.07, 6.45) is 2.48. The molecule has 0 bridgehead atoms. The lowest BCUT2D eigenvalue weighted by Gasteiger charge is -2.36. The van der Waals surface area contributed by atoms with Gasteiger partial charge < -0.3 is 0 Å². The van der Waals surface area contributed by atoms with E-state index in [2.05, 4.69) is 0 Å². The van der Waals surface area contributed by atoms with Crippen LogP contribution in [0.2, 0.25) is 0 Å². The van der Waals surface area contributed by atoms with E-state index in [0.717, 1.165) is 15.4 Å².